The summed E-state index contributed by atoms with van der Waals surface area (Å²) in [7, 11) is 0. The maximum absolute atomic E-state index is 13.0. The lowest BCUT2D eigenvalue weighted by Crippen LogP contribution is -2.13. The van der Waals surface area contributed by atoms with Crippen LogP contribution < -0.4 is 5.32 Å². The monoisotopic (exact) mass is 402 g/mol. The molecule has 0 aliphatic heterocycles. The van der Waals surface area contributed by atoms with Gasteiger partial charge in [0.15, 0.2) is 5.82 Å². The Morgan fingerprint density at radius 2 is 2.07 bits per heavy atom. The van der Waals surface area contributed by atoms with Crippen molar-refractivity contribution in [1.29, 1.82) is 0 Å². The minimum absolute atomic E-state index is 0.138. The summed E-state index contributed by atoms with van der Waals surface area (Å²) in [6.07, 6.45) is 7.18. The molecular weight excluding hydrogens is 384 g/mol. The van der Waals surface area contributed by atoms with Crippen LogP contribution in [0.15, 0.2) is 55.0 Å². The number of nitrogens with one attached hydrogen (secondary N) is 1. The molecule has 7 nitrogen and oxygen atoms in total. The van der Waals surface area contributed by atoms with Crippen molar-refractivity contribution in [3.8, 4) is 17.1 Å². The molecule has 0 saturated heterocycles. The fraction of sp³-hybridized carbons (Fsp3) is 0.190. The van der Waals surface area contributed by atoms with Gasteiger partial charge in [-0.15, -0.1) is 5.10 Å². The zero-order valence-corrected chi connectivity index (χ0v) is 16.6. The van der Waals surface area contributed by atoms with Crippen molar-refractivity contribution >= 4 is 23.1 Å². The molecule has 144 valence electrons. The number of amides is 1. The smallest absolute Gasteiger partial charge is 0.267 e. The van der Waals surface area contributed by atoms with E-state index in [1.807, 2.05) is 43.3 Å². The van der Waals surface area contributed by atoms with Gasteiger partial charge < -0.3 is 5.32 Å². The Labute approximate surface area is 171 Å². The molecule has 0 bridgehead atoms. The van der Waals surface area contributed by atoms with E-state index < -0.39 is 0 Å². The number of hydrogen-bond acceptors (Lipinski definition) is 6. The second-order valence-corrected chi connectivity index (χ2v) is 7.85. The predicted octanol–water partition coefficient (Wildman–Crippen LogP) is 4.22. The van der Waals surface area contributed by atoms with E-state index in [1.54, 1.807) is 23.3 Å². The summed E-state index contributed by atoms with van der Waals surface area (Å²) in [5.74, 6) is 0.962. The molecule has 29 heavy (non-hydrogen) atoms. The molecule has 3 aromatic heterocycles. The first-order chi connectivity index (χ1) is 14.2. The lowest BCUT2D eigenvalue weighted by molar-refractivity contribution is 0.102. The highest BCUT2D eigenvalue weighted by atomic mass is 32.1. The van der Waals surface area contributed by atoms with Crippen LogP contribution in [-0.4, -0.2) is 30.3 Å². The molecular formula is C21H18N6OS. The second kappa shape index (κ2) is 7.21. The van der Waals surface area contributed by atoms with Gasteiger partial charge in [-0.2, -0.15) is 4.37 Å². The number of hydrogen-bond donors (Lipinski definition) is 1. The van der Waals surface area contributed by atoms with Gasteiger partial charge in [0.2, 0.25) is 0 Å². The number of carbonyl (C=O) groups is 1. The summed E-state index contributed by atoms with van der Waals surface area (Å²) in [6, 6.07) is 11.9. The van der Waals surface area contributed by atoms with Crippen molar-refractivity contribution in [1.82, 2.24) is 24.4 Å². The summed E-state index contributed by atoms with van der Waals surface area (Å²) in [5, 5.41) is 10.8. The summed E-state index contributed by atoms with van der Waals surface area (Å²) < 4.78 is 6.22. The van der Waals surface area contributed by atoms with Gasteiger partial charge in [-0.1, -0.05) is 35.5 Å². The van der Waals surface area contributed by atoms with Crippen LogP contribution in [0.1, 0.15) is 39.6 Å². The van der Waals surface area contributed by atoms with Crippen LogP contribution >= 0.6 is 11.5 Å². The van der Waals surface area contributed by atoms with Crippen LogP contribution in [0.4, 0.5) is 5.69 Å². The van der Waals surface area contributed by atoms with Gasteiger partial charge in [0, 0.05) is 11.1 Å². The van der Waals surface area contributed by atoms with Crippen molar-refractivity contribution in [2.75, 3.05) is 5.32 Å². The highest BCUT2D eigenvalue weighted by Crippen LogP contribution is 2.47. The molecule has 1 aliphatic carbocycles. The van der Waals surface area contributed by atoms with Crippen molar-refractivity contribution in [3.05, 3.63) is 71.0 Å². The van der Waals surface area contributed by atoms with Gasteiger partial charge in [0.1, 0.15) is 4.88 Å². The Balaban J connectivity index is 1.43. The van der Waals surface area contributed by atoms with Crippen LogP contribution in [0.25, 0.3) is 17.1 Å². The molecule has 0 atom stereocenters. The number of benzene rings is 1. The Hall–Kier alpha value is -3.39. The molecule has 0 radical (unpaired) electrons. The first kappa shape index (κ1) is 17.7. The lowest BCUT2D eigenvalue weighted by atomic mass is 10.0. The van der Waals surface area contributed by atoms with Crippen LogP contribution in [0, 0.1) is 6.92 Å². The van der Waals surface area contributed by atoms with E-state index in [0.29, 0.717) is 22.3 Å². The fourth-order valence-electron chi connectivity index (χ4n) is 3.40. The molecule has 1 N–H and O–H groups in total. The van der Waals surface area contributed by atoms with E-state index in [2.05, 4.69) is 25.0 Å². The zero-order chi connectivity index (χ0) is 19.8. The van der Waals surface area contributed by atoms with Gasteiger partial charge >= 0.3 is 0 Å². The summed E-state index contributed by atoms with van der Waals surface area (Å²) >= 11 is 1.27. The molecule has 0 spiro atoms. The minimum atomic E-state index is -0.138. The molecule has 1 aliphatic rings. The maximum atomic E-state index is 13.0. The van der Waals surface area contributed by atoms with E-state index in [-0.39, 0.29) is 5.91 Å². The largest absolute Gasteiger partial charge is 0.320 e. The lowest BCUT2D eigenvalue weighted by Gasteiger charge is -2.09. The van der Waals surface area contributed by atoms with Crippen molar-refractivity contribution in [2.24, 2.45) is 0 Å². The van der Waals surface area contributed by atoms with Crippen molar-refractivity contribution < 1.29 is 4.79 Å². The van der Waals surface area contributed by atoms with E-state index in [4.69, 9.17) is 0 Å². The zero-order valence-electron chi connectivity index (χ0n) is 15.7. The van der Waals surface area contributed by atoms with Crippen LogP contribution in [-0.2, 0) is 0 Å². The van der Waals surface area contributed by atoms with Gasteiger partial charge in [-0.05, 0) is 48.8 Å². The molecule has 1 amide bonds. The summed E-state index contributed by atoms with van der Waals surface area (Å²) in [6.45, 7) is 1.93. The molecule has 1 saturated carbocycles. The Kier molecular flexibility index (Phi) is 4.40. The van der Waals surface area contributed by atoms with Crippen molar-refractivity contribution in [2.45, 2.75) is 25.7 Å². The van der Waals surface area contributed by atoms with Crippen LogP contribution in [0.2, 0.25) is 0 Å². The quantitative estimate of drug-likeness (QED) is 0.540. The topological polar surface area (TPSA) is 85.6 Å². The van der Waals surface area contributed by atoms with Crippen molar-refractivity contribution in [3.63, 3.8) is 0 Å². The third kappa shape index (κ3) is 3.42. The molecule has 5 rings (SSSR count). The SMILES string of the molecule is Cc1cc(NC(=O)c2snc(-c3ccccc3)c2C2CC2)cnc1-n1ccnn1. The first-order valence-electron chi connectivity index (χ1n) is 9.40. The average molecular weight is 402 g/mol. The number of aromatic nitrogens is 5. The van der Waals surface area contributed by atoms with Crippen LogP contribution in [0.5, 0.6) is 0 Å². The second-order valence-electron chi connectivity index (χ2n) is 7.08. The van der Waals surface area contributed by atoms with E-state index in [1.165, 1.54) is 11.5 Å². The van der Waals surface area contributed by atoms with Crippen LogP contribution in [0.3, 0.4) is 0 Å². The van der Waals surface area contributed by atoms with E-state index in [9.17, 15) is 4.79 Å². The molecule has 1 aromatic carbocycles. The molecule has 0 unspecified atom stereocenters. The standard InChI is InChI=1S/C21H18N6OS/c1-13-11-16(12-22-20(13)27-10-9-23-26-27)24-21(28)19-17(14-7-8-14)18(25-29-19)15-5-3-2-4-6-15/h2-6,9-12,14H,7-8H2,1H3,(H,24,28). The number of aryl methyl sites for hydroxylation is 1. The number of nitrogens with zero attached hydrogens (tertiary/aromatic N) is 5. The predicted molar refractivity (Wildman–Crippen MR) is 111 cm³/mol. The van der Waals surface area contributed by atoms with Gasteiger partial charge in [-0.3, -0.25) is 4.79 Å². The van der Waals surface area contributed by atoms with E-state index in [0.717, 1.165) is 35.2 Å². The van der Waals surface area contributed by atoms with Gasteiger partial charge in [-0.25, -0.2) is 9.67 Å². The first-order valence-corrected chi connectivity index (χ1v) is 10.2. The number of anilines is 1. The third-order valence-corrected chi connectivity index (χ3v) is 5.78. The molecule has 8 heteroatoms. The normalized spacial score (nSPS) is 13.4. The Morgan fingerprint density at radius 1 is 1.24 bits per heavy atom. The fourth-order valence-corrected chi connectivity index (χ4v) is 4.28. The van der Waals surface area contributed by atoms with Gasteiger partial charge in [0.25, 0.3) is 5.91 Å². The molecule has 4 aromatic rings. The number of rotatable bonds is 5. The summed E-state index contributed by atoms with van der Waals surface area (Å²) in [4.78, 5) is 18.1. The van der Waals surface area contributed by atoms with E-state index >= 15 is 0 Å². The molecule has 1 fully saturated rings. The number of pyridine rings is 1. The number of carbonyl (C=O) groups excluding carboxylic acids is 1. The summed E-state index contributed by atoms with van der Waals surface area (Å²) in [5.41, 5.74) is 4.60. The minimum Gasteiger partial charge on any atom is -0.320 e. The molecule has 3 heterocycles. The van der Waals surface area contributed by atoms with Gasteiger partial charge in [0.05, 0.1) is 30.0 Å². The Morgan fingerprint density at radius 3 is 2.76 bits per heavy atom. The average Bonchev–Trinajstić information content (AvgIpc) is 3.25. The Bertz CT molecular complexity index is 1170. The highest BCUT2D eigenvalue weighted by molar-refractivity contribution is 7.08. The highest BCUT2D eigenvalue weighted by Gasteiger charge is 2.33. The maximum Gasteiger partial charge on any atom is 0.267 e. The third-order valence-electron chi connectivity index (χ3n) is 4.92.